The van der Waals surface area contributed by atoms with Crippen molar-refractivity contribution in [2.45, 2.75) is 6.92 Å². The molecule has 1 aliphatic heterocycles. The van der Waals surface area contributed by atoms with Crippen molar-refractivity contribution in [3.8, 4) is 0 Å². The average molecular weight is 368 g/mol. The topological polar surface area (TPSA) is 70.8 Å². The first-order valence-electron chi connectivity index (χ1n) is 7.97. The fraction of sp³-hybridized carbons (Fsp3) is 0.158. The molecule has 3 rings (SSSR count). The van der Waals surface area contributed by atoms with Crippen LogP contribution in [0.15, 0.2) is 64.9 Å². The number of hydrogen-bond donors (Lipinski definition) is 0. The van der Waals surface area contributed by atoms with Gasteiger partial charge in [-0.25, -0.2) is 0 Å². The number of Topliss-reactive ketones (excluding diaryl/α,β-unsaturated/α-hetero) is 2. The van der Waals surface area contributed by atoms with E-state index in [0.29, 0.717) is 18.7 Å². The summed E-state index contributed by atoms with van der Waals surface area (Å²) >= 11 is 5.34. The fourth-order valence-corrected chi connectivity index (χ4v) is 2.92. The number of rotatable bonds is 5. The van der Waals surface area contributed by atoms with Crippen molar-refractivity contribution in [3.05, 3.63) is 71.8 Å². The number of furan rings is 1. The van der Waals surface area contributed by atoms with E-state index in [1.54, 1.807) is 47.4 Å². The summed E-state index contributed by atoms with van der Waals surface area (Å²) in [4.78, 5) is 40.0. The van der Waals surface area contributed by atoms with Gasteiger partial charge in [0, 0.05) is 24.9 Å². The van der Waals surface area contributed by atoms with Crippen molar-refractivity contribution >= 4 is 34.8 Å². The Bertz CT molecular complexity index is 888. The monoisotopic (exact) mass is 368 g/mol. The van der Waals surface area contributed by atoms with Gasteiger partial charge in [-0.05, 0) is 31.3 Å². The molecule has 1 aliphatic rings. The summed E-state index contributed by atoms with van der Waals surface area (Å²) in [6.07, 6.45) is 2.84. The van der Waals surface area contributed by atoms with Gasteiger partial charge in [-0.1, -0.05) is 30.3 Å². The third-order valence-electron chi connectivity index (χ3n) is 3.96. The number of nitrogens with zero attached hydrogens (tertiary/aromatic N) is 2. The molecular formula is C19H16N2O4S. The highest BCUT2D eigenvalue weighted by Gasteiger charge is 2.32. The predicted octanol–water partition coefficient (Wildman–Crippen LogP) is 2.68. The molecule has 1 aromatic heterocycles. The van der Waals surface area contributed by atoms with E-state index < -0.39 is 0 Å². The zero-order valence-corrected chi connectivity index (χ0v) is 14.9. The van der Waals surface area contributed by atoms with Crippen LogP contribution in [0.1, 0.15) is 27.8 Å². The van der Waals surface area contributed by atoms with Gasteiger partial charge in [0.25, 0.3) is 5.91 Å². The Morgan fingerprint density at radius 1 is 1.08 bits per heavy atom. The van der Waals surface area contributed by atoms with Gasteiger partial charge < -0.3 is 9.32 Å². The van der Waals surface area contributed by atoms with Crippen LogP contribution in [-0.4, -0.2) is 45.5 Å². The largest absolute Gasteiger partial charge is 0.459 e. The van der Waals surface area contributed by atoms with Crippen molar-refractivity contribution in [3.63, 3.8) is 0 Å². The fourth-order valence-electron chi connectivity index (χ4n) is 2.61. The summed E-state index contributed by atoms with van der Waals surface area (Å²) in [6, 6.07) is 11.7. The van der Waals surface area contributed by atoms with Gasteiger partial charge in [0.05, 0.1) is 11.8 Å². The van der Waals surface area contributed by atoms with Crippen LogP contribution >= 0.6 is 12.2 Å². The molecule has 132 valence electrons. The number of ketones is 2. The second-order valence-corrected chi connectivity index (χ2v) is 6.07. The smallest absolute Gasteiger partial charge is 0.295 e. The molecule has 1 fully saturated rings. The van der Waals surface area contributed by atoms with Gasteiger partial charge in [0.1, 0.15) is 0 Å². The first-order valence-corrected chi connectivity index (χ1v) is 8.38. The Hall–Kier alpha value is -3.06. The van der Waals surface area contributed by atoms with E-state index in [2.05, 4.69) is 0 Å². The summed E-state index contributed by atoms with van der Waals surface area (Å²) < 4.78 is 5.11. The zero-order chi connectivity index (χ0) is 18.7. The molecule has 0 N–H and O–H groups in total. The first-order chi connectivity index (χ1) is 12.5. The second kappa shape index (κ2) is 7.45. The van der Waals surface area contributed by atoms with Crippen LogP contribution in [0.25, 0.3) is 0 Å². The van der Waals surface area contributed by atoms with Gasteiger partial charge in [-0.15, -0.1) is 0 Å². The quantitative estimate of drug-likeness (QED) is 0.266. The molecule has 0 saturated carbocycles. The predicted molar refractivity (Wildman–Crippen MR) is 98.6 cm³/mol. The maximum absolute atomic E-state index is 12.6. The lowest BCUT2D eigenvalue weighted by atomic mass is 10.0. The van der Waals surface area contributed by atoms with Gasteiger partial charge >= 0.3 is 0 Å². The number of benzene rings is 1. The zero-order valence-electron chi connectivity index (χ0n) is 14.0. The number of allylic oxidation sites excluding steroid dienone is 1. The molecule has 0 unspecified atom stereocenters. The SMILES string of the molecule is CC(=O)/C(=C/N1CCN(C(=O)c2ccco2)C1=S)C(=O)c1ccccc1. The molecule has 2 heterocycles. The van der Waals surface area contributed by atoms with Crippen LogP contribution < -0.4 is 0 Å². The molecule has 7 heteroatoms. The highest BCUT2D eigenvalue weighted by molar-refractivity contribution is 7.80. The van der Waals surface area contributed by atoms with E-state index >= 15 is 0 Å². The standard InChI is InChI=1S/C19H16N2O4S/c1-13(22)15(17(23)14-6-3-2-4-7-14)12-20-9-10-21(19(20)26)18(24)16-8-5-11-25-16/h2-8,11-12H,9-10H2,1H3/b15-12-. The van der Waals surface area contributed by atoms with Crippen LogP contribution in [-0.2, 0) is 4.79 Å². The minimum absolute atomic E-state index is 0.0193. The summed E-state index contributed by atoms with van der Waals surface area (Å²) in [5, 5.41) is 0.228. The Morgan fingerprint density at radius 2 is 1.81 bits per heavy atom. The lowest BCUT2D eigenvalue weighted by Crippen LogP contribution is -2.34. The molecule has 2 aromatic rings. The highest BCUT2D eigenvalue weighted by atomic mass is 32.1. The second-order valence-electron chi connectivity index (χ2n) is 5.70. The highest BCUT2D eigenvalue weighted by Crippen LogP contribution is 2.18. The van der Waals surface area contributed by atoms with E-state index in [1.807, 2.05) is 0 Å². The molecule has 1 amide bonds. The summed E-state index contributed by atoms with van der Waals surface area (Å²) in [5.41, 5.74) is 0.438. The number of amides is 1. The first kappa shape index (κ1) is 17.8. The third kappa shape index (κ3) is 3.48. The molecular weight excluding hydrogens is 352 g/mol. The van der Waals surface area contributed by atoms with E-state index in [0.717, 1.165) is 0 Å². The Balaban J connectivity index is 1.83. The van der Waals surface area contributed by atoms with Gasteiger partial charge in [0.2, 0.25) is 0 Å². The van der Waals surface area contributed by atoms with Crippen LogP contribution in [0.5, 0.6) is 0 Å². The Labute approximate surface area is 155 Å². The molecule has 1 saturated heterocycles. The number of hydrogen-bond acceptors (Lipinski definition) is 5. The van der Waals surface area contributed by atoms with Gasteiger partial charge in [0.15, 0.2) is 22.4 Å². The van der Waals surface area contributed by atoms with Crippen molar-refractivity contribution in [2.75, 3.05) is 13.1 Å². The van der Waals surface area contributed by atoms with E-state index in [9.17, 15) is 14.4 Å². The number of thiocarbonyl (C=S) groups is 1. The van der Waals surface area contributed by atoms with E-state index in [-0.39, 0.29) is 33.9 Å². The Morgan fingerprint density at radius 3 is 2.42 bits per heavy atom. The molecule has 0 spiro atoms. The van der Waals surface area contributed by atoms with E-state index in [4.69, 9.17) is 16.6 Å². The van der Waals surface area contributed by atoms with Crippen LogP contribution in [0, 0.1) is 0 Å². The number of carbonyl (C=O) groups is 3. The molecule has 6 nitrogen and oxygen atoms in total. The van der Waals surface area contributed by atoms with Gasteiger partial charge in [-0.3, -0.25) is 19.3 Å². The maximum atomic E-state index is 12.6. The van der Waals surface area contributed by atoms with Gasteiger partial charge in [-0.2, -0.15) is 0 Å². The summed E-state index contributed by atoms with van der Waals surface area (Å²) in [5.74, 6) is -0.908. The van der Waals surface area contributed by atoms with Crippen molar-refractivity contribution in [1.29, 1.82) is 0 Å². The third-order valence-corrected chi connectivity index (χ3v) is 4.42. The normalized spacial score (nSPS) is 14.7. The minimum atomic E-state index is -0.378. The van der Waals surface area contributed by atoms with Crippen LogP contribution in [0.2, 0.25) is 0 Å². The molecule has 1 aromatic carbocycles. The lowest BCUT2D eigenvalue weighted by Gasteiger charge is -2.17. The van der Waals surface area contributed by atoms with Crippen LogP contribution in [0.4, 0.5) is 0 Å². The number of carbonyl (C=O) groups excluding carboxylic acids is 3. The van der Waals surface area contributed by atoms with Crippen molar-refractivity contribution in [2.24, 2.45) is 0 Å². The summed E-state index contributed by atoms with van der Waals surface area (Å²) in [6.45, 7) is 2.07. The maximum Gasteiger partial charge on any atom is 0.295 e. The molecule has 0 radical (unpaired) electrons. The van der Waals surface area contributed by atoms with Crippen LogP contribution in [0.3, 0.4) is 0 Å². The van der Waals surface area contributed by atoms with Crippen molar-refractivity contribution in [1.82, 2.24) is 9.80 Å². The minimum Gasteiger partial charge on any atom is -0.459 e. The van der Waals surface area contributed by atoms with Crippen molar-refractivity contribution < 1.29 is 18.8 Å². The average Bonchev–Trinajstić information content (AvgIpc) is 3.29. The summed E-state index contributed by atoms with van der Waals surface area (Å²) in [7, 11) is 0. The lowest BCUT2D eigenvalue weighted by molar-refractivity contribution is -0.113. The molecule has 0 atom stereocenters. The molecule has 0 bridgehead atoms. The molecule has 0 aliphatic carbocycles. The molecule has 26 heavy (non-hydrogen) atoms. The van der Waals surface area contributed by atoms with E-state index in [1.165, 1.54) is 24.3 Å². The Kier molecular flexibility index (Phi) is 5.09.